The van der Waals surface area contributed by atoms with E-state index in [2.05, 4.69) is 12.2 Å². The highest BCUT2D eigenvalue weighted by molar-refractivity contribution is 5.59. The maximum Gasteiger partial charge on any atom is 0.122 e. The lowest BCUT2D eigenvalue weighted by atomic mass is 9.99. The van der Waals surface area contributed by atoms with Crippen molar-refractivity contribution in [1.82, 2.24) is 0 Å². The van der Waals surface area contributed by atoms with Gasteiger partial charge in [-0.05, 0) is 31.7 Å². The molecule has 0 saturated heterocycles. The van der Waals surface area contributed by atoms with Crippen LogP contribution in [0, 0.1) is 5.92 Å². The molecule has 1 aliphatic rings. The third-order valence-corrected chi connectivity index (χ3v) is 3.67. The number of hydrogen-bond donors (Lipinski definition) is 2. The molecule has 3 N–H and O–H groups in total. The van der Waals surface area contributed by atoms with Crippen LogP contribution in [0.2, 0.25) is 0 Å². The summed E-state index contributed by atoms with van der Waals surface area (Å²) in [4.78, 5) is 0. The van der Waals surface area contributed by atoms with Gasteiger partial charge in [0.1, 0.15) is 5.75 Å². The average molecular weight is 234 g/mol. The van der Waals surface area contributed by atoms with Crippen LogP contribution in [0.25, 0.3) is 0 Å². The largest absolute Gasteiger partial charge is 0.497 e. The van der Waals surface area contributed by atoms with Gasteiger partial charge in [-0.15, -0.1) is 0 Å². The average Bonchev–Trinajstić information content (AvgIpc) is 2.81. The van der Waals surface area contributed by atoms with E-state index in [0.717, 1.165) is 23.0 Å². The summed E-state index contributed by atoms with van der Waals surface area (Å²) in [6, 6.07) is 6.31. The minimum atomic E-state index is 0.504. The molecule has 0 amide bonds. The van der Waals surface area contributed by atoms with Gasteiger partial charge in [0, 0.05) is 29.5 Å². The zero-order chi connectivity index (χ0) is 12.3. The number of rotatable bonds is 4. The molecule has 2 rings (SSSR count). The van der Waals surface area contributed by atoms with Gasteiger partial charge in [0.05, 0.1) is 7.11 Å². The zero-order valence-electron chi connectivity index (χ0n) is 10.7. The molecule has 0 spiro atoms. The van der Waals surface area contributed by atoms with Crippen molar-refractivity contribution >= 4 is 11.4 Å². The van der Waals surface area contributed by atoms with E-state index in [-0.39, 0.29) is 0 Å². The van der Waals surface area contributed by atoms with Gasteiger partial charge in [-0.25, -0.2) is 0 Å². The predicted molar refractivity (Wildman–Crippen MR) is 72.4 cm³/mol. The van der Waals surface area contributed by atoms with Crippen molar-refractivity contribution < 1.29 is 4.74 Å². The van der Waals surface area contributed by atoms with Crippen LogP contribution in [-0.4, -0.2) is 13.2 Å². The molecule has 17 heavy (non-hydrogen) atoms. The first-order valence-corrected chi connectivity index (χ1v) is 6.40. The van der Waals surface area contributed by atoms with Crippen LogP contribution in [0.4, 0.5) is 11.4 Å². The number of methoxy groups -OCH3 is 1. The summed E-state index contributed by atoms with van der Waals surface area (Å²) in [6.07, 6.45) is 5.43. The van der Waals surface area contributed by atoms with E-state index in [1.807, 2.05) is 18.2 Å². The zero-order valence-corrected chi connectivity index (χ0v) is 10.7. The molecule has 1 fully saturated rings. The molecule has 1 unspecified atom stereocenters. The molecule has 0 aliphatic heterocycles. The molecule has 1 aromatic rings. The molecule has 0 aromatic heterocycles. The Morgan fingerprint density at radius 1 is 1.29 bits per heavy atom. The fourth-order valence-corrected chi connectivity index (χ4v) is 2.66. The van der Waals surface area contributed by atoms with Crippen LogP contribution in [-0.2, 0) is 0 Å². The lowest BCUT2D eigenvalue weighted by molar-refractivity contribution is 0.415. The second kappa shape index (κ2) is 5.30. The minimum absolute atomic E-state index is 0.504. The van der Waals surface area contributed by atoms with Gasteiger partial charge in [0.25, 0.3) is 0 Å². The van der Waals surface area contributed by atoms with Crippen molar-refractivity contribution in [3.05, 3.63) is 18.2 Å². The molecule has 0 radical (unpaired) electrons. The van der Waals surface area contributed by atoms with Gasteiger partial charge in [-0.3, -0.25) is 0 Å². The van der Waals surface area contributed by atoms with E-state index < -0.39 is 0 Å². The van der Waals surface area contributed by atoms with E-state index in [4.69, 9.17) is 10.5 Å². The summed E-state index contributed by atoms with van der Waals surface area (Å²) < 4.78 is 5.22. The highest BCUT2D eigenvalue weighted by atomic mass is 16.5. The molecule has 0 bridgehead atoms. The van der Waals surface area contributed by atoms with Crippen molar-refractivity contribution in [3.8, 4) is 5.75 Å². The van der Waals surface area contributed by atoms with Gasteiger partial charge >= 0.3 is 0 Å². The maximum absolute atomic E-state index is 5.84. The number of ether oxygens (including phenoxy) is 1. The fourth-order valence-electron chi connectivity index (χ4n) is 2.66. The van der Waals surface area contributed by atoms with Crippen molar-refractivity contribution in [3.63, 3.8) is 0 Å². The number of benzene rings is 1. The summed E-state index contributed by atoms with van der Waals surface area (Å²) in [5, 5.41) is 3.54. The minimum Gasteiger partial charge on any atom is -0.497 e. The van der Waals surface area contributed by atoms with Crippen LogP contribution in [0.1, 0.15) is 32.6 Å². The van der Waals surface area contributed by atoms with Crippen LogP contribution >= 0.6 is 0 Å². The Morgan fingerprint density at radius 3 is 2.65 bits per heavy atom. The quantitative estimate of drug-likeness (QED) is 0.786. The molecule has 3 nitrogen and oxygen atoms in total. The molecule has 1 aliphatic carbocycles. The van der Waals surface area contributed by atoms with E-state index in [1.54, 1.807) is 7.11 Å². The monoisotopic (exact) mass is 234 g/mol. The molecule has 3 heteroatoms. The number of anilines is 2. The fraction of sp³-hybridized carbons (Fsp3) is 0.571. The maximum atomic E-state index is 5.84. The van der Waals surface area contributed by atoms with Gasteiger partial charge < -0.3 is 15.8 Å². The Bertz CT molecular complexity index is 372. The first-order valence-electron chi connectivity index (χ1n) is 6.40. The predicted octanol–water partition coefficient (Wildman–Crippen LogP) is 3.27. The normalized spacial score (nSPS) is 18.0. The van der Waals surface area contributed by atoms with Crippen LogP contribution in [0.3, 0.4) is 0 Å². The molecule has 1 atom stereocenters. The van der Waals surface area contributed by atoms with Crippen molar-refractivity contribution in [2.24, 2.45) is 5.92 Å². The Kier molecular flexibility index (Phi) is 3.77. The third kappa shape index (κ3) is 3.05. The standard InChI is InChI=1S/C14H22N2O/c1-10(11-5-3-4-6-11)16-13-7-12(15)8-14(9-13)17-2/h7-11,16H,3-6,15H2,1-2H3. The SMILES string of the molecule is COc1cc(N)cc(NC(C)C2CCCC2)c1. The number of nitrogen functional groups attached to an aromatic ring is 1. The van der Waals surface area contributed by atoms with E-state index in [1.165, 1.54) is 25.7 Å². The van der Waals surface area contributed by atoms with Crippen molar-refractivity contribution in [1.29, 1.82) is 0 Å². The molecule has 94 valence electrons. The van der Waals surface area contributed by atoms with Gasteiger partial charge in [0.15, 0.2) is 0 Å². The molecular weight excluding hydrogens is 212 g/mol. The highest BCUT2D eigenvalue weighted by Gasteiger charge is 2.21. The van der Waals surface area contributed by atoms with Gasteiger partial charge in [-0.1, -0.05) is 12.8 Å². The second-order valence-corrected chi connectivity index (χ2v) is 4.97. The smallest absolute Gasteiger partial charge is 0.122 e. The van der Waals surface area contributed by atoms with Crippen molar-refractivity contribution in [2.45, 2.75) is 38.6 Å². The topological polar surface area (TPSA) is 47.3 Å². The summed E-state index contributed by atoms with van der Waals surface area (Å²) in [7, 11) is 1.67. The lowest BCUT2D eigenvalue weighted by Gasteiger charge is -2.22. The Morgan fingerprint density at radius 2 is 2.00 bits per heavy atom. The molecule has 0 heterocycles. The first kappa shape index (κ1) is 12.1. The molecule has 1 aromatic carbocycles. The van der Waals surface area contributed by atoms with Crippen LogP contribution < -0.4 is 15.8 Å². The Labute approximate surface area is 103 Å². The van der Waals surface area contributed by atoms with Crippen LogP contribution in [0.5, 0.6) is 5.75 Å². The summed E-state index contributed by atoms with van der Waals surface area (Å²) in [6.45, 7) is 2.26. The number of nitrogens with two attached hydrogens (primary N) is 1. The molecule has 1 saturated carbocycles. The van der Waals surface area contributed by atoms with Gasteiger partial charge in [0.2, 0.25) is 0 Å². The number of hydrogen-bond acceptors (Lipinski definition) is 3. The number of nitrogens with one attached hydrogen (secondary N) is 1. The summed E-state index contributed by atoms with van der Waals surface area (Å²) in [5.74, 6) is 1.61. The Hall–Kier alpha value is -1.38. The lowest BCUT2D eigenvalue weighted by Crippen LogP contribution is -2.23. The third-order valence-electron chi connectivity index (χ3n) is 3.67. The summed E-state index contributed by atoms with van der Waals surface area (Å²) in [5.41, 5.74) is 7.64. The van der Waals surface area contributed by atoms with E-state index in [9.17, 15) is 0 Å². The van der Waals surface area contributed by atoms with Crippen molar-refractivity contribution in [2.75, 3.05) is 18.2 Å². The second-order valence-electron chi connectivity index (χ2n) is 4.97. The van der Waals surface area contributed by atoms with Crippen LogP contribution in [0.15, 0.2) is 18.2 Å². The summed E-state index contributed by atoms with van der Waals surface area (Å²) >= 11 is 0. The van der Waals surface area contributed by atoms with Gasteiger partial charge in [-0.2, -0.15) is 0 Å². The first-order chi connectivity index (χ1) is 8.19. The Balaban J connectivity index is 2.04. The van der Waals surface area contributed by atoms with E-state index in [0.29, 0.717) is 6.04 Å². The highest BCUT2D eigenvalue weighted by Crippen LogP contribution is 2.30. The molecular formula is C14H22N2O. The van der Waals surface area contributed by atoms with E-state index >= 15 is 0 Å².